The maximum atomic E-state index is 8.45. The van der Waals surface area contributed by atoms with Crippen molar-refractivity contribution in [3.63, 3.8) is 0 Å². The monoisotopic (exact) mass is 126 g/mol. The first kappa shape index (κ1) is 6.49. The van der Waals surface area contributed by atoms with Gasteiger partial charge in [0.25, 0.3) is 0 Å². The van der Waals surface area contributed by atoms with Gasteiger partial charge in [-0.05, 0) is 0 Å². The van der Waals surface area contributed by atoms with E-state index in [1.165, 1.54) is 0 Å². The van der Waals surface area contributed by atoms with E-state index in [4.69, 9.17) is 11.0 Å². The third kappa shape index (κ3) is 1.39. The molecule has 0 aromatic heterocycles. The van der Waals surface area contributed by atoms with Crippen molar-refractivity contribution in [3.8, 4) is 6.07 Å². The normalized spacial score (nSPS) is 35.6. The number of nitrogens with zero attached hydrogens (tertiary/aromatic N) is 1. The molecule has 0 bridgehead atoms. The van der Waals surface area contributed by atoms with E-state index in [2.05, 4.69) is 16.7 Å². The Bertz CT molecular complexity index is 127. The van der Waals surface area contributed by atoms with Gasteiger partial charge >= 0.3 is 0 Å². The zero-order valence-corrected chi connectivity index (χ0v) is 5.09. The number of nitriles is 1. The third-order valence-corrected chi connectivity index (χ3v) is 1.43. The molecule has 2 unspecified atom stereocenters. The Hall–Kier alpha value is -0.630. The van der Waals surface area contributed by atoms with E-state index >= 15 is 0 Å². The Labute approximate surface area is 54.0 Å². The van der Waals surface area contributed by atoms with Crippen molar-refractivity contribution in [2.75, 3.05) is 13.2 Å². The van der Waals surface area contributed by atoms with Gasteiger partial charge in [0.1, 0.15) is 0 Å². The summed E-state index contributed by atoms with van der Waals surface area (Å²) in [7, 11) is 0. The lowest BCUT2D eigenvalue weighted by atomic mass is 10.1. The molecule has 1 fully saturated rings. The van der Waals surface area contributed by atoms with Crippen LogP contribution in [0, 0.1) is 17.2 Å². The van der Waals surface area contributed by atoms with Crippen LogP contribution in [0.5, 0.6) is 0 Å². The predicted molar refractivity (Wildman–Crippen MR) is 33.1 cm³/mol. The second kappa shape index (κ2) is 2.78. The molecule has 4 heteroatoms. The fourth-order valence-electron chi connectivity index (χ4n) is 0.813. The molecular weight excluding hydrogens is 116 g/mol. The Balaban J connectivity index is 2.41. The molecular formula is C5H10N4. The zero-order valence-electron chi connectivity index (χ0n) is 5.09. The van der Waals surface area contributed by atoms with E-state index in [0.29, 0.717) is 13.2 Å². The van der Waals surface area contributed by atoms with Crippen molar-refractivity contribution < 1.29 is 0 Å². The molecule has 1 saturated heterocycles. The molecule has 0 spiro atoms. The van der Waals surface area contributed by atoms with Crippen LogP contribution in [0.15, 0.2) is 0 Å². The molecule has 0 amide bonds. The first-order chi connectivity index (χ1) is 4.34. The quantitative estimate of drug-likeness (QED) is 0.371. The number of rotatable bonds is 0. The summed E-state index contributed by atoms with van der Waals surface area (Å²) in [6, 6.07) is 2.10. The number of nitrogens with two attached hydrogens (primary N) is 1. The predicted octanol–water partition coefficient (Wildman–Crippen LogP) is -1.44. The van der Waals surface area contributed by atoms with E-state index in [9.17, 15) is 0 Å². The van der Waals surface area contributed by atoms with Crippen LogP contribution >= 0.6 is 0 Å². The van der Waals surface area contributed by atoms with Crippen LogP contribution in [0.3, 0.4) is 0 Å². The van der Waals surface area contributed by atoms with Crippen LogP contribution in [-0.4, -0.2) is 19.4 Å². The van der Waals surface area contributed by atoms with Gasteiger partial charge in [-0.3, -0.25) is 5.32 Å². The molecule has 1 aliphatic heterocycles. The molecule has 50 valence electrons. The molecule has 1 rings (SSSR count). The van der Waals surface area contributed by atoms with E-state index in [1.54, 1.807) is 0 Å². The van der Waals surface area contributed by atoms with Crippen LogP contribution in [0.4, 0.5) is 0 Å². The van der Waals surface area contributed by atoms with Gasteiger partial charge in [0.05, 0.1) is 18.2 Å². The lowest BCUT2D eigenvalue weighted by Gasteiger charge is -2.24. The van der Waals surface area contributed by atoms with Crippen molar-refractivity contribution in [3.05, 3.63) is 0 Å². The van der Waals surface area contributed by atoms with Gasteiger partial charge in [0.15, 0.2) is 0 Å². The summed E-state index contributed by atoms with van der Waals surface area (Å²) in [4.78, 5) is 0. The van der Waals surface area contributed by atoms with Crippen molar-refractivity contribution in [2.45, 2.75) is 6.17 Å². The van der Waals surface area contributed by atoms with E-state index in [0.717, 1.165) is 0 Å². The summed E-state index contributed by atoms with van der Waals surface area (Å²) < 4.78 is 0. The number of hydrogen-bond acceptors (Lipinski definition) is 4. The van der Waals surface area contributed by atoms with Gasteiger partial charge in [-0.15, -0.1) is 0 Å². The topological polar surface area (TPSA) is 73.9 Å². The third-order valence-electron chi connectivity index (χ3n) is 1.43. The standard InChI is InChI=1S/C5H10N4/c6-1-4-2-8-3-9-5(4)7/h4-5,8-9H,2-3,7H2. The first-order valence-corrected chi connectivity index (χ1v) is 2.94. The molecule has 4 nitrogen and oxygen atoms in total. The maximum Gasteiger partial charge on any atom is 0.0870 e. The molecule has 0 aromatic rings. The molecule has 0 aromatic carbocycles. The number of hydrogen-bond donors (Lipinski definition) is 3. The van der Waals surface area contributed by atoms with Gasteiger partial charge in [0.2, 0.25) is 0 Å². The molecule has 1 heterocycles. The largest absolute Gasteiger partial charge is 0.315 e. The van der Waals surface area contributed by atoms with Crippen LogP contribution in [0.1, 0.15) is 0 Å². The lowest BCUT2D eigenvalue weighted by molar-refractivity contribution is 0.336. The highest BCUT2D eigenvalue weighted by Gasteiger charge is 2.19. The Morgan fingerprint density at radius 1 is 1.67 bits per heavy atom. The highest BCUT2D eigenvalue weighted by Crippen LogP contribution is 1.97. The van der Waals surface area contributed by atoms with Crippen molar-refractivity contribution in [2.24, 2.45) is 11.7 Å². The highest BCUT2D eigenvalue weighted by molar-refractivity contribution is 4.92. The highest BCUT2D eigenvalue weighted by atomic mass is 15.2. The zero-order chi connectivity index (χ0) is 6.69. The van der Waals surface area contributed by atoms with Crippen LogP contribution in [-0.2, 0) is 0 Å². The second-order valence-electron chi connectivity index (χ2n) is 2.10. The van der Waals surface area contributed by atoms with Crippen LogP contribution in [0.25, 0.3) is 0 Å². The summed E-state index contributed by atoms with van der Waals surface area (Å²) in [5.74, 6) is -0.0845. The molecule has 9 heavy (non-hydrogen) atoms. The average Bonchev–Trinajstić information content (AvgIpc) is 1.89. The Morgan fingerprint density at radius 3 is 2.89 bits per heavy atom. The van der Waals surface area contributed by atoms with Gasteiger partial charge in [-0.2, -0.15) is 5.26 Å². The van der Waals surface area contributed by atoms with Gasteiger partial charge in [-0.1, -0.05) is 0 Å². The Kier molecular flexibility index (Phi) is 2.01. The number of nitrogens with one attached hydrogen (secondary N) is 2. The molecule has 4 N–H and O–H groups in total. The molecule has 1 aliphatic rings. The minimum Gasteiger partial charge on any atom is -0.315 e. The van der Waals surface area contributed by atoms with Crippen molar-refractivity contribution in [1.82, 2.24) is 10.6 Å². The van der Waals surface area contributed by atoms with Crippen molar-refractivity contribution >= 4 is 0 Å². The maximum absolute atomic E-state index is 8.45. The van der Waals surface area contributed by atoms with Gasteiger partial charge < -0.3 is 11.1 Å². The average molecular weight is 126 g/mol. The fourth-order valence-corrected chi connectivity index (χ4v) is 0.813. The van der Waals surface area contributed by atoms with Gasteiger partial charge in [-0.25, -0.2) is 0 Å². The Morgan fingerprint density at radius 2 is 2.44 bits per heavy atom. The minimum atomic E-state index is -0.156. The summed E-state index contributed by atoms with van der Waals surface area (Å²) in [5, 5.41) is 14.4. The summed E-state index contributed by atoms with van der Waals surface area (Å²) in [6.07, 6.45) is -0.156. The molecule has 0 radical (unpaired) electrons. The van der Waals surface area contributed by atoms with Gasteiger partial charge in [0, 0.05) is 13.2 Å². The molecule has 0 saturated carbocycles. The first-order valence-electron chi connectivity index (χ1n) is 2.94. The van der Waals surface area contributed by atoms with Crippen molar-refractivity contribution in [1.29, 1.82) is 5.26 Å². The second-order valence-corrected chi connectivity index (χ2v) is 2.10. The van der Waals surface area contributed by atoms with E-state index < -0.39 is 0 Å². The van der Waals surface area contributed by atoms with Crippen LogP contribution in [0.2, 0.25) is 0 Å². The fraction of sp³-hybridized carbons (Fsp3) is 0.800. The minimum absolute atomic E-state index is 0.0845. The smallest absolute Gasteiger partial charge is 0.0870 e. The summed E-state index contributed by atoms with van der Waals surface area (Å²) in [6.45, 7) is 1.41. The summed E-state index contributed by atoms with van der Waals surface area (Å²) >= 11 is 0. The van der Waals surface area contributed by atoms with E-state index in [1.807, 2.05) is 0 Å². The molecule has 2 atom stereocenters. The van der Waals surface area contributed by atoms with E-state index in [-0.39, 0.29) is 12.1 Å². The summed E-state index contributed by atoms with van der Waals surface area (Å²) in [5.41, 5.74) is 5.52. The molecule has 0 aliphatic carbocycles. The SMILES string of the molecule is N#CC1CNCNC1N. The van der Waals surface area contributed by atoms with Crippen LogP contribution < -0.4 is 16.4 Å². The lowest BCUT2D eigenvalue weighted by Crippen LogP contribution is -2.55.